The van der Waals surface area contributed by atoms with Gasteiger partial charge in [0.05, 0.1) is 11.7 Å². The van der Waals surface area contributed by atoms with Crippen molar-refractivity contribution in [2.75, 3.05) is 18.8 Å². The molecule has 2 N–H and O–H groups in total. The van der Waals surface area contributed by atoms with E-state index in [0.29, 0.717) is 41.4 Å². The Balaban J connectivity index is 1.74. The zero-order valence-corrected chi connectivity index (χ0v) is 19.8. The van der Waals surface area contributed by atoms with Crippen molar-refractivity contribution in [3.63, 3.8) is 0 Å². The standard InChI is InChI=1S/C26H28N6O3/c1-4-15-30(22(33)5-2)16-18(3)31-25-23(24(27)28-17-29-25)32(26(31)34)19-11-13-21(14-12-19)35-20-9-7-6-8-10-20/h5-14,17-18H,2,4,15-16H2,1,3H3,(H2,27,28,29). The Morgan fingerprint density at radius 1 is 1.14 bits per heavy atom. The van der Waals surface area contributed by atoms with Gasteiger partial charge in [-0.3, -0.25) is 13.9 Å². The van der Waals surface area contributed by atoms with Gasteiger partial charge < -0.3 is 15.4 Å². The minimum atomic E-state index is -0.364. The SMILES string of the molecule is C=CC(=O)N(CCC)CC(C)n1c(=O)n(-c2ccc(Oc3ccccc3)cc2)c2c(N)ncnc21. The lowest BCUT2D eigenvalue weighted by atomic mass is 10.2. The second kappa shape index (κ2) is 10.3. The third kappa shape index (κ3) is 4.79. The summed E-state index contributed by atoms with van der Waals surface area (Å²) in [6, 6.07) is 16.2. The normalized spacial score (nSPS) is 11.8. The van der Waals surface area contributed by atoms with Crippen LogP contribution in [-0.2, 0) is 4.79 Å². The number of imidazole rings is 1. The minimum absolute atomic E-state index is 0.182. The highest BCUT2D eigenvalue weighted by Gasteiger charge is 2.24. The molecular weight excluding hydrogens is 444 g/mol. The first-order chi connectivity index (χ1) is 16.9. The van der Waals surface area contributed by atoms with E-state index < -0.39 is 0 Å². The number of benzene rings is 2. The van der Waals surface area contributed by atoms with Gasteiger partial charge in [-0.05, 0) is 55.8 Å². The number of carbonyl (C=O) groups excluding carboxylic acids is 1. The van der Waals surface area contributed by atoms with E-state index in [9.17, 15) is 9.59 Å². The van der Waals surface area contributed by atoms with Crippen LogP contribution in [0.15, 0.2) is 78.4 Å². The average molecular weight is 473 g/mol. The Morgan fingerprint density at radius 3 is 2.49 bits per heavy atom. The molecule has 9 nitrogen and oxygen atoms in total. The van der Waals surface area contributed by atoms with E-state index in [1.165, 1.54) is 17.0 Å². The zero-order valence-electron chi connectivity index (χ0n) is 19.8. The fourth-order valence-electron chi connectivity index (χ4n) is 4.08. The molecule has 0 saturated carbocycles. The Hall–Kier alpha value is -4.40. The molecule has 0 radical (unpaired) electrons. The number of anilines is 1. The summed E-state index contributed by atoms with van der Waals surface area (Å²) in [4.78, 5) is 36.1. The number of rotatable bonds is 9. The monoisotopic (exact) mass is 472 g/mol. The van der Waals surface area contributed by atoms with E-state index in [2.05, 4.69) is 16.5 Å². The summed E-state index contributed by atoms with van der Waals surface area (Å²) in [5.74, 6) is 1.35. The first-order valence-corrected chi connectivity index (χ1v) is 11.4. The van der Waals surface area contributed by atoms with E-state index >= 15 is 0 Å². The van der Waals surface area contributed by atoms with E-state index in [4.69, 9.17) is 10.5 Å². The highest BCUT2D eigenvalue weighted by Crippen LogP contribution is 2.26. The van der Waals surface area contributed by atoms with Gasteiger partial charge in [-0.25, -0.2) is 14.8 Å². The van der Waals surface area contributed by atoms with Gasteiger partial charge in [0.25, 0.3) is 0 Å². The maximum absolute atomic E-state index is 13.7. The van der Waals surface area contributed by atoms with Gasteiger partial charge in [0.2, 0.25) is 5.91 Å². The smallest absolute Gasteiger partial charge is 0.335 e. The molecule has 35 heavy (non-hydrogen) atoms. The first-order valence-electron chi connectivity index (χ1n) is 11.4. The quantitative estimate of drug-likeness (QED) is 0.370. The number of aromatic nitrogens is 4. The second-order valence-electron chi connectivity index (χ2n) is 8.17. The van der Waals surface area contributed by atoms with Crippen molar-refractivity contribution in [3.05, 3.63) is 84.1 Å². The van der Waals surface area contributed by atoms with Crippen LogP contribution in [0.5, 0.6) is 11.5 Å². The molecule has 4 rings (SSSR count). The van der Waals surface area contributed by atoms with Gasteiger partial charge in [0.15, 0.2) is 11.5 Å². The zero-order chi connectivity index (χ0) is 24.9. The van der Waals surface area contributed by atoms with Gasteiger partial charge in [-0.1, -0.05) is 31.7 Å². The Kier molecular flexibility index (Phi) is 6.96. The summed E-state index contributed by atoms with van der Waals surface area (Å²) in [5.41, 5.74) is 7.30. The second-order valence-corrected chi connectivity index (χ2v) is 8.17. The predicted octanol–water partition coefficient (Wildman–Crippen LogP) is 3.94. The number of carbonyl (C=O) groups is 1. The van der Waals surface area contributed by atoms with Crippen molar-refractivity contribution in [2.24, 2.45) is 0 Å². The fourth-order valence-corrected chi connectivity index (χ4v) is 4.08. The van der Waals surface area contributed by atoms with Crippen LogP contribution in [0.1, 0.15) is 26.3 Å². The van der Waals surface area contributed by atoms with Gasteiger partial charge in [-0.2, -0.15) is 0 Å². The summed E-state index contributed by atoms with van der Waals surface area (Å²) in [6.45, 7) is 8.34. The topological polar surface area (TPSA) is 108 Å². The van der Waals surface area contributed by atoms with Crippen molar-refractivity contribution in [2.45, 2.75) is 26.3 Å². The van der Waals surface area contributed by atoms with Crippen LogP contribution in [-0.4, -0.2) is 43.0 Å². The molecule has 1 atom stereocenters. The van der Waals surface area contributed by atoms with Gasteiger partial charge >= 0.3 is 5.69 Å². The molecule has 2 aromatic carbocycles. The Bertz CT molecular complexity index is 1390. The lowest BCUT2D eigenvalue weighted by Gasteiger charge is -2.25. The number of hydrogen-bond donors (Lipinski definition) is 1. The number of amides is 1. The number of nitrogens with two attached hydrogens (primary N) is 1. The summed E-state index contributed by atoms with van der Waals surface area (Å²) in [7, 11) is 0. The van der Waals surface area contributed by atoms with Crippen molar-refractivity contribution >= 4 is 22.9 Å². The molecular formula is C26H28N6O3. The van der Waals surface area contributed by atoms with Crippen LogP contribution in [0.3, 0.4) is 0 Å². The molecule has 0 saturated heterocycles. The van der Waals surface area contributed by atoms with Crippen LogP contribution in [0.25, 0.3) is 16.9 Å². The van der Waals surface area contributed by atoms with Crippen molar-refractivity contribution < 1.29 is 9.53 Å². The van der Waals surface area contributed by atoms with Crippen molar-refractivity contribution in [1.82, 2.24) is 24.0 Å². The van der Waals surface area contributed by atoms with Crippen LogP contribution >= 0.6 is 0 Å². The third-order valence-corrected chi connectivity index (χ3v) is 5.66. The number of hydrogen-bond acceptors (Lipinski definition) is 6. The molecule has 0 bridgehead atoms. The molecule has 9 heteroatoms. The summed E-state index contributed by atoms with van der Waals surface area (Å²) >= 11 is 0. The highest BCUT2D eigenvalue weighted by atomic mass is 16.5. The highest BCUT2D eigenvalue weighted by molar-refractivity contribution is 5.87. The van der Waals surface area contributed by atoms with E-state index in [0.717, 1.165) is 6.42 Å². The van der Waals surface area contributed by atoms with Gasteiger partial charge in [0, 0.05) is 13.1 Å². The Morgan fingerprint density at radius 2 is 1.83 bits per heavy atom. The van der Waals surface area contributed by atoms with Crippen LogP contribution in [0.2, 0.25) is 0 Å². The molecule has 0 aliphatic heterocycles. The lowest BCUT2D eigenvalue weighted by Crippen LogP contribution is -2.37. The first kappa shape index (κ1) is 23.7. The summed E-state index contributed by atoms with van der Waals surface area (Å²) < 4.78 is 8.92. The molecule has 1 amide bonds. The Labute approximate surface area is 203 Å². The summed E-state index contributed by atoms with van der Waals surface area (Å²) in [5, 5.41) is 0. The summed E-state index contributed by atoms with van der Waals surface area (Å²) in [6.07, 6.45) is 3.41. The lowest BCUT2D eigenvalue weighted by molar-refractivity contribution is -0.126. The van der Waals surface area contributed by atoms with Crippen LogP contribution < -0.4 is 16.2 Å². The molecule has 4 aromatic rings. The molecule has 2 heterocycles. The third-order valence-electron chi connectivity index (χ3n) is 5.66. The minimum Gasteiger partial charge on any atom is -0.457 e. The number of fused-ring (bicyclic) bond motifs is 1. The number of nitrogen functional groups attached to an aromatic ring is 1. The van der Waals surface area contributed by atoms with Crippen molar-refractivity contribution in [3.8, 4) is 17.2 Å². The number of nitrogens with zero attached hydrogens (tertiary/aromatic N) is 5. The predicted molar refractivity (Wildman–Crippen MR) is 136 cm³/mol. The molecule has 0 spiro atoms. The van der Waals surface area contributed by atoms with Crippen LogP contribution in [0, 0.1) is 0 Å². The molecule has 2 aromatic heterocycles. The number of ether oxygens (including phenoxy) is 1. The fraction of sp³-hybridized carbons (Fsp3) is 0.231. The molecule has 1 unspecified atom stereocenters. The maximum atomic E-state index is 13.7. The van der Waals surface area contributed by atoms with Crippen LogP contribution in [0.4, 0.5) is 5.82 Å². The molecule has 0 aliphatic carbocycles. The molecule has 0 aliphatic rings. The van der Waals surface area contributed by atoms with E-state index in [-0.39, 0.29) is 23.5 Å². The van der Waals surface area contributed by atoms with E-state index in [1.54, 1.807) is 33.7 Å². The van der Waals surface area contributed by atoms with Crippen molar-refractivity contribution in [1.29, 1.82) is 0 Å². The average Bonchev–Trinajstić information content (AvgIpc) is 3.17. The van der Waals surface area contributed by atoms with Gasteiger partial charge in [0.1, 0.15) is 23.3 Å². The largest absolute Gasteiger partial charge is 0.457 e. The van der Waals surface area contributed by atoms with Gasteiger partial charge in [-0.15, -0.1) is 0 Å². The number of para-hydroxylation sites is 1. The van der Waals surface area contributed by atoms with E-state index in [1.807, 2.05) is 44.2 Å². The molecule has 180 valence electrons. The molecule has 0 fully saturated rings. The maximum Gasteiger partial charge on any atom is 0.335 e.